The highest BCUT2D eigenvalue weighted by Gasteiger charge is 2.33. The van der Waals surface area contributed by atoms with Crippen molar-refractivity contribution in [1.29, 1.82) is 0 Å². The van der Waals surface area contributed by atoms with Crippen LogP contribution in [0.2, 0.25) is 10.0 Å². The van der Waals surface area contributed by atoms with Crippen LogP contribution in [0.1, 0.15) is 23.6 Å². The summed E-state index contributed by atoms with van der Waals surface area (Å²) < 4.78 is 26.8. The van der Waals surface area contributed by atoms with Crippen molar-refractivity contribution in [1.82, 2.24) is 10.2 Å². The number of rotatable bonds is 11. The van der Waals surface area contributed by atoms with Crippen LogP contribution in [-0.4, -0.2) is 50.5 Å². The predicted octanol–water partition coefficient (Wildman–Crippen LogP) is 4.84. The Balaban J connectivity index is 2.06. The summed E-state index contributed by atoms with van der Waals surface area (Å²) >= 11 is 12.3. The standard InChI is InChI=1S/C28H31Cl2N3O4S/c1-4-31-28(35)26(17-21-9-6-5-7-10-21)32(18-22-11-8-12-23(29)16-22)27(34)19-33(38(3,36)37)25-14-13-24(30)15-20(25)2/h5-16,26H,4,17-19H2,1-3H3,(H,31,35)/t26-/m1/s1. The van der Waals surface area contributed by atoms with Crippen LogP contribution in [0.5, 0.6) is 0 Å². The van der Waals surface area contributed by atoms with Crippen molar-refractivity contribution >= 4 is 50.7 Å². The number of halogens is 2. The topological polar surface area (TPSA) is 86.8 Å². The zero-order chi connectivity index (χ0) is 27.9. The molecule has 0 aliphatic heterocycles. The average Bonchev–Trinajstić information content (AvgIpc) is 2.85. The van der Waals surface area contributed by atoms with E-state index in [0.29, 0.717) is 33.4 Å². The quantitative estimate of drug-likeness (QED) is 0.354. The Hall–Kier alpha value is -3.07. The predicted molar refractivity (Wildman–Crippen MR) is 153 cm³/mol. The number of nitrogens with zero attached hydrogens (tertiary/aromatic N) is 2. The molecule has 3 aromatic carbocycles. The number of hydrogen-bond donors (Lipinski definition) is 1. The first kappa shape index (κ1) is 29.5. The van der Waals surface area contributed by atoms with E-state index < -0.39 is 28.5 Å². The number of carbonyl (C=O) groups is 2. The first-order valence-electron chi connectivity index (χ1n) is 12.1. The van der Waals surface area contributed by atoms with Gasteiger partial charge in [-0.15, -0.1) is 0 Å². The molecule has 1 N–H and O–H groups in total. The molecule has 0 heterocycles. The van der Waals surface area contributed by atoms with Gasteiger partial charge in [0.05, 0.1) is 11.9 Å². The Kier molecular flexibility index (Phi) is 10.2. The molecule has 0 radical (unpaired) electrons. The highest BCUT2D eigenvalue weighted by atomic mass is 35.5. The third-order valence-corrected chi connectivity index (χ3v) is 7.57. The summed E-state index contributed by atoms with van der Waals surface area (Å²) in [6, 6.07) is 20.3. The Labute approximate surface area is 234 Å². The monoisotopic (exact) mass is 575 g/mol. The lowest BCUT2D eigenvalue weighted by atomic mass is 10.0. The van der Waals surface area contributed by atoms with Crippen LogP contribution in [0.15, 0.2) is 72.8 Å². The van der Waals surface area contributed by atoms with Gasteiger partial charge in [-0.3, -0.25) is 13.9 Å². The van der Waals surface area contributed by atoms with E-state index in [4.69, 9.17) is 23.2 Å². The lowest BCUT2D eigenvalue weighted by Crippen LogP contribution is -2.53. The zero-order valence-corrected chi connectivity index (χ0v) is 23.9. The van der Waals surface area contributed by atoms with Crippen molar-refractivity contribution in [2.75, 3.05) is 23.7 Å². The van der Waals surface area contributed by atoms with E-state index in [1.165, 1.54) is 4.90 Å². The first-order chi connectivity index (χ1) is 18.0. The van der Waals surface area contributed by atoms with Crippen LogP contribution in [0.3, 0.4) is 0 Å². The van der Waals surface area contributed by atoms with Gasteiger partial charge in [0.15, 0.2) is 0 Å². The SMILES string of the molecule is CCNC(=O)[C@@H](Cc1ccccc1)N(Cc1cccc(Cl)c1)C(=O)CN(c1ccc(Cl)cc1C)S(C)(=O)=O. The Morgan fingerprint density at radius 1 is 0.921 bits per heavy atom. The molecule has 0 unspecified atom stereocenters. The lowest BCUT2D eigenvalue weighted by Gasteiger charge is -2.33. The highest BCUT2D eigenvalue weighted by molar-refractivity contribution is 7.92. The van der Waals surface area contributed by atoms with E-state index in [2.05, 4.69) is 5.32 Å². The molecule has 0 bridgehead atoms. The van der Waals surface area contributed by atoms with Crippen LogP contribution in [0.25, 0.3) is 0 Å². The van der Waals surface area contributed by atoms with Crippen molar-refractivity contribution in [3.8, 4) is 0 Å². The zero-order valence-electron chi connectivity index (χ0n) is 21.5. The molecule has 38 heavy (non-hydrogen) atoms. The van der Waals surface area contributed by atoms with Gasteiger partial charge in [0.25, 0.3) is 0 Å². The molecular formula is C28H31Cl2N3O4S. The van der Waals surface area contributed by atoms with Crippen LogP contribution in [0, 0.1) is 6.92 Å². The number of likely N-dealkylation sites (N-methyl/N-ethyl adjacent to an activating group) is 1. The fourth-order valence-corrected chi connectivity index (χ4v) is 5.52. The van der Waals surface area contributed by atoms with E-state index >= 15 is 0 Å². The van der Waals surface area contributed by atoms with Gasteiger partial charge in [-0.1, -0.05) is 65.7 Å². The molecule has 202 valence electrons. The summed E-state index contributed by atoms with van der Waals surface area (Å²) in [6.45, 7) is 3.47. The van der Waals surface area contributed by atoms with Crippen LogP contribution >= 0.6 is 23.2 Å². The second-order valence-electron chi connectivity index (χ2n) is 8.95. The lowest BCUT2D eigenvalue weighted by molar-refractivity contribution is -0.140. The van der Waals surface area contributed by atoms with Crippen LogP contribution in [0.4, 0.5) is 5.69 Å². The van der Waals surface area contributed by atoms with Crippen LogP contribution < -0.4 is 9.62 Å². The van der Waals surface area contributed by atoms with Crippen LogP contribution in [-0.2, 0) is 32.6 Å². The Bertz CT molecular complexity index is 1380. The van der Waals surface area contributed by atoms with Gasteiger partial charge >= 0.3 is 0 Å². The molecule has 1 atom stereocenters. The molecule has 7 nitrogen and oxygen atoms in total. The third kappa shape index (κ3) is 7.96. The Morgan fingerprint density at radius 3 is 2.18 bits per heavy atom. The van der Waals surface area contributed by atoms with Gasteiger partial charge in [-0.05, 0) is 60.9 Å². The highest BCUT2D eigenvalue weighted by Crippen LogP contribution is 2.26. The average molecular weight is 577 g/mol. The number of hydrogen-bond acceptors (Lipinski definition) is 4. The number of amides is 2. The minimum Gasteiger partial charge on any atom is -0.355 e. The molecule has 0 saturated carbocycles. The van der Waals surface area contributed by atoms with Gasteiger partial charge in [0, 0.05) is 29.6 Å². The fourth-order valence-electron chi connectivity index (χ4n) is 4.17. The molecule has 0 fully saturated rings. The summed E-state index contributed by atoms with van der Waals surface area (Å²) in [5.74, 6) is -0.864. The first-order valence-corrected chi connectivity index (χ1v) is 14.7. The van der Waals surface area contributed by atoms with Crippen molar-refractivity contribution in [2.24, 2.45) is 0 Å². The van der Waals surface area contributed by atoms with E-state index in [1.807, 2.05) is 30.3 Å². The molecular weight excluding hydrogens is 545 g/mol. The third-order valence-electron chi connectivity index (χ3n) is 5.97. The number of aryl methyl sites for hydroxylation is 1. The molecule has 10 heteroatoms. The molecule has 0 aliphatic carbocycles. The fraction of sp³-hybridized carbons (Fsp3) is 0.286. The number of sulfonamides is 1. The summed E-state index contributed by atoms with van der Waals surface area (Å²) in [4.78, 5) is 28.7. The second kappa shape index (κ2) is 13.1. The van der Waals surface area contributed by atoms with Crippen molar-refractivity contribution in [3.63, 3.8) is 0 Å². The van der Waals surface area contributed by atoms with E-state index in [1.54, 1.807) is 56.3 Å². The number of carbonyl (C=O) groups excluding carboxylic acids is 2. The van der Waals surface area contributed by atoms with Gasteiger partial charge in [0.1, 0.15) is 12.6 Å². The number of benzene rings is 3. The molecule has 2 amide bonds. The molecule has 0 saturated heterocycles. The summed E-state index contributed by atoms with van der Waals surface area (Å²) in [5, 5.41) is 3.76. The summed E-state index contributed by atoms with van der Waals surface area (Å²) in [5.41, 5.74) is 2.51. The molecule has 3 aromatic rings. The largest absolute Gasteiger partial charge is 0.355 e. The van der Waals surface area contributed by atoms with Crippen molar-refractivity contribution in [3.05, 3.63) is 99.5 Å². The molecule has 3 rings (SSSR count). The number of anilines is 1. The maximum Gasteiger partial charge on any atom is 0.244 e. The van der Waals surface area contributed by atoms with E-state index in [-0.39, 0.29) is 18.9 Å². The van der Waals surface area contributed by atoms with Gasteiger partial charge < -0.3 is 10.2 Å². The number of nitrogens with one attached hydrogen (secondary N) is 1. The Morgan fingerprint density at radius 2 is 1.58 bits per heavy atom. The molecule has 0 spiro atoms. The van der Waals surface area contributed by atoms with Crippen molar-refractivity contribution < 1.29 is 18.0 Å². The van der Waals surface area contributed by atoms with E-state index in [0.717, 1.165) is 16.1 Å². The van der Waals surface area contributed by atoms with Crippen molar-refractivity contribution in [2.45, 2.75) is 32.9 Å². The maximum absolute atomic E-state index is 14.0. The molecule has 0 aromatic heterocycles. The summed E-state index contributed by atoms with van der Waals surface area (Å²) in [6.07, 6.45) is 1.29. The van der Waals surface area contributed by atoms with Gasteiger partial charge in [-0.25, -0.2) is 8.42 Å². The summed E-state index contributed by atoms with van der Waals surface area (Å²) in [7, 11) is -3.86. The smallest absolute Gasteiger partial charge is 0.244 e. The van der Waals surface area contributed by atoms with Gasteiger partial charge in [0.2, 0.25) is 21.8 Å². The maximum atomic E-state index is 14.0. The minimum absolute atomic E-state index is 0.0607. The van der Waals surface area contributed by atoms with E-state index in [9.17, 15) is 18.0 Å². The minimum atomic E-state index is -3.86. The second-order valence-corrected chi connectivity index (χ2v) is 11.7. The van der Waals surface area contributed by atoms with Gasteiger partial charge in [-0.2, -0.15) is 0 Å². The normalized spacial score (nSPS) is 12.0. The molecule has 0 aliphatic rings.